The van der Waals surface area contributed by atoms with E-state index in [0.717, 1.165) is 25.5 Å². The zero-order valence-corrected chi connectivity index (χ0v) is 14.8. The smallest absolute Gasteiger partial charge is 0.341 e. The molecule has 1 aliphatic rings. The Kier molecular flexibility index (Phi) is 5.07. The van der Waals surface area contributed by atoms with Crippen molar-refractivity contribution in [2.75, 3.05) is 20.7 Å². The molecule has 0 unspecified atom stereocenters. The van der Waals surface area contributed by atoms with E-state index in [1.165, 1.54) is 18.2 Å². The van der Waals surface area contributed by atoms with E-state index in [1.54, 1.807) is 20.0 Å². The van der Waals surface area contributed by atoms with Gasteiger partial charge in [0.05, 0.1) is 13.7 Å². The minimum absolute atomic E-state index is 0.385. The lowest BCUT2D eigenvalue weighted by atomic mass is 10.0. The molecule has 0 saturated carbocycles. The Labute approximate surface area is 147 Å². The van der Waals surface area contributed by atoms with Crippen LogP contribution in [0, 0.1) is 6.92 Å². The maximum Gasteiger partial charge on any atom is 0.341 e. The topological polar surface area (TPSA) is 67.1 Å². The van der Waals surface area contributed by atoms with E-state index in [1.807, 2.05) is 0 Å². The highest BCUT2D eigenvalue weighted by molar-refractivity contribution is 5.90. The van der Waals surface area contributed by atoms with Crippen molar-refractivity contribution in [3.63, 3.8) is 0 Å². The van der Waals surface area contributed by atoms with Crippen LogP contribution in [0.25, 0.3) is 0 Å². The molecule has 3 rings (SSSR count). The van der Waals surface area contributed by atoms with Crippen LogP contribution < -0.4 is 5.32 Å². The molecule has 2 aromatic rings. The van der Waals surface area contributed by atoms with Crippen molar-refractivity contribution < 1.29 is 13.9 Å². The average Bonchev–Trinajstić information content (AvgIpc) is 3.02. The monoisotopic (exact) mass is 341 g/mol. The molecular weight excluding hydrogens is 318 g/mol. The van der Waals surface area contributed by atoms with Gasteiger partial charge in [-0.1, -0.05) is 24.3 Å². The van der Waals surface area contributed by atoms with Gasteiger partial charge in [0.2, 0.25) is 0 Å². The normalized spacial score (nSPS) is 14.2. The number of ether oxygens (including phenoxy) is 1. The number of esters is 1. The van der Waals surface area contributed by atoms with Gasteiger partial charge in [-0.15, -0.1) is 0 Å². The molecule has 0 fully saturated rings. The highest BCUT2D eigenvalue weighted by Crippen LogP contribution is 2.19. The molecular formula is C19H23N3O3. The number of methoxy groups -OCH3 is 1. The third-order valence-electron chi connectivity index (χ3n) is 4.44. The number of hydrogen-bond acceptors (Lipinski definition) is 4. The van der Waals surface area contributed by atoms with Crippen LogP contribution in [0.3, 0.4) is 0 Å². The summed E-state index contributed by atoms with van der Waals surface area (Å²) in [6.07, 6.45) is 1.00. The van der Waals surface area contributed by atoms with Gasteiger partial charge in [0.25, 0.3) is 0 Å². The predicted octanol–water partition coefficient (Wildman–Crippen LogP) is 2.51. The van der Waals surface area contributed by atoms with Crippen LogP contribution in [-0.4, -0.2) is 37.5 Å². The fourth-order valence-corrected chi connectivity index (χ4v) is 3.12. The fourth-order valence-electron chi connectivity index (χ4n) is 3.12. The lowest BCUT2D eigenvalue weighted by Crippen LogP contribution is -2.43. The zero-order valence-electron chi connectivity index (χ0n) is 14.8. The third-order valence-corrected chi connectivity index (χ3v) is 4.44. The number of carbonyl (C=O) groups excluding carboxylic acids is 1. The number of benzene rings is 1. The summed E-state index contributed by atoms with van der Waals surface area (Å²) in [5.74, 6) is 1.68. The van der Waals surface area contributed by atoms with Gasteiger partial charge in [0, 0.05) is 20.1 Å². The molecule has 0 radical (unpaired) electrons. The van der Waals surface area contributed by atoms with Gasteiger partial charge >= 0.3 is 5.97 Å². The van der Waals surface area contributed by atoms with Crippen molar-refractivity contribution in [3.05, 3.63) is 58.5 Å². The van der Waals surface area contributed by atoms with Crippen molar-refractivity contribution in [2.45, 2.75) is 26.4 Å². The zero-order chi connectivity index (χ0) is 17.8. The van der Waals surface area contributed by atoms with Crippen molar-refractivity contribution in [1.29, 1.82) is 0 Å². The molecule has 0 bridgehead atoms. The third kappa shape index (κ3) is 3.68. The van der Waals surface area contributed by atoms with Gasteiger partial charge in [0.15, 0.2) is 5.96 Å². The molecule has 1 aromatic carbocycles. The molecule has 6 heteroatoms. The summed E-state index contributed by atoms with van der Waals surface area (Å²) in [5.41, 5.74) is 3.19. The van der Waals surface area contributed by atoms with Gasteiger partial charge in [-0.3, -0.25) is 4.99 Å². The van der Waals surface area contributed by atoms with Crippen LogP contribution in [0.15, 0.2) is 39.7 Å². The summed E-state index contributed by atoms with van der Waals surface area (Å²) in [6, 6.07) is 10.2. The Morgan fingerprint density at radius 2 is 2.12 bits per heavy atom. The molecule has 0 atom stereocenters. The number of rotatable bonds is 3. The van der Waals surface area contributed by atoms with Crippen LogP contribution in [0.5, 0.6) is 0 Å². The molecule has 2 heterocycles. The van der Waals surface area contributed by atoms with Gasteiger partial charge < -0.3 is 19.4 Å². The van der Waals surface area contributed by atoms with E-state index >= 15 is 0 Å². The van der Waals surface area contributed by atoms with E-state index in [2.05, 4.69) is 39.5 Å². The van der Waals surface area contributed by atoms with Crippen molar-refractivity contribution in [3.8, 4) is 0 Å². The number of guanidine groups is 1. The maximum atomic E-state index is 11.7. The second-order valence-corrected chi connectivity index (χ2v) is 6.02. The minimum Gasteiger partial charge on any atom is -0.465 e. The van der Waals surface area contributed by atoms with Gasteiger partial charge in [-0.05, 0) is 30.5 Å². The molecule has 132 valence electrons. The van der Waals surface area contributed by atoms with E-state index in [9.17, 15) is 4.79 Å². The van der Waals surface area contributed by atoms with E-state index in [0.29, 0.717) is 23.6 Å². The predicted molar refractivity (Wildman–Crippen MR) is 95.5 cm³/mol. The van der Waals surface area contributed by atoms with Gasteiger partial charge in [-0.25, -0.2) is 4.79 Å². The largest absolute Gasteiger partial charge is 0.465 e. The number of hydrogen-bond donors (Lipinski definition) is 1. The fraction of sp³-hybridized carbons (Fsp3) is 0.368. The summed E-state index contributed by atoms with van der Waals surface area (Å²) in [5, 5.41) is 3.31. The number of nitrogens with one attached hydrogen (secondary N) is 1. The first kappa shape index (κ1) is 17.1. The molecule has 25 heavy (non-hydrogen) atoms. The van der Waals surface area contributed by atoms with Crippen molar-refractivity contribution in [2.24, 2.45) is 4.99 Å². The molecule has 1 aromatic heterocycles. The summed E-state index contributed by atoms with van der Waals surface area (Å²) in [6.45, 7) is 3.97. The number of aliphatic imine (C=N–C) groups is 1. The summed E-state index contributed by atoms with van der Waals surface area (Å²) >= 11 is 0. The van der Waals surface area contributed by atoms with E-state index in [-0.39, 0.29) is 5.97 Å². The Hall–Kier alpha value is -2.76. The Morgan fingerprint density at radius 3 is 2.84 bits per heavy atom. The maximum absolute atomic E-state index is 11.7. The summed E-state index contributed by atoms with van der Waals surface area (Å²) in [7, 11) is 3.14. The van der Waals surface area contributed by atoms with Gasteiger partial charge in [0.1, 0.15) is 17.1 Å². The number of carbonyl (C=O) groups is 1. The lowest BCUT2D eigenvalue weighted by Gasteiger charge is -2.31. The SMILES string of the molecule is CN=C(NCc1cc(C(=O)OC)c(C)o1)N1CCc2ccccc2C1. The molecule has 6 nitrogen and oxygen atoms in total. The number of fused-ring (bicyclic) bond motifs is 1. The van der Waals surface area contributed by atoms with Crippen LogP contribution >= 0.6 is 0 Å². The highest BCUT2D eigenvalue weighted by atomic mass is 16.5. The molecule has 0 aliphatic carbocycles. The van der Waals surface area contributed by atoms with Crippen LogP contribution in [0.2, 0.25) is 0 Å². The summed E-state index contributed by atoms with van der Waals surface area (Å²) in [4.78, 5) is 18.3. The quantitative estimate of drug-likeness (QED) is 0.528. The van der Waals surface area contributed by atoms with Crippen LogP contribution in [0.1, 0.15) is 33.0 Å². The Bertz CT molecular complexity index is 795. The average molecular weight is 341 g/mol. The first-order valence-corrected chi connectivity index (χ1v) is 8.32. The molecule has 0 spiro atoms. The Balaban J connectivity index is 1.65. The van der Waals surface area contributed by atoms with Crippen molar-refractivity contribution >= 4 is 11.9 Å². The number of nitrogens with zero attached hydrogens (tertiary/aromatic N) is 2. The second-order valence-electron chi connectivity index (χ2n) is 6.02. The molecule has 1 aliphatic heterocycles. The number of aryl methyl sites for hydroxylation is 1. The molecule has 0 amide bonds. The first-order valence-electron chi connectivity index (χ1n) is 8.32. The molecule has 1 N–H and O–H groups in total. The minimum atomic E-state index is -0.385. The van der Waals surface area contributed by atoms with E-state index in [4.69, 9.17) is 9.15 Å². The lowest BCUT2D eigenvalue weighted by molar-refractivity contribution is 0.0599. The Morgan fingerprint density at radius 1 is 1.36 bits per heavy atom. The number of furan rings is 1. The summed E-state index contributed by atoms with van der Waals surface area (Å²) < 4.78 is 10.4. The second kappa shape index (κ2) is 7.42. The molecule has 0 saturated heterocycles. The van der Waals surface area contributed by atoms with Gasteiger partial charge in [-0.2, -0.15) is 0 Å². The van der Waals surface area contributed by atoms with Crippen LogP contribution in [0.4, 0.5) is 0 Å². The highest BCUT2D eigenvalue weighted by Gasteiger charge is 2.20. The van der Waals surface area contributed by atoms with Crippen molar-refractivity contribution in [1.82, 2.24) is 10.2 Å². The van der Waals surface area contributed by atoms with Crippen LogP contribution in [-0.2, 0) is 24.2 Å². The van der Waals surface area contributed by atoms with E-state index < -0.39 is 0 Å². The first-order chi connectivity index (χ1) is 12.1. The standard InChI is InChI=1S/C19H23N3O3/c1-13-17(18(23)24-3)10-16(25-13)11-21-19(20-2)22-9-8-14-6-4-5-7-15(14)12-22/h4-7,10H,8-9,11-12H2,1-3H3,(H,20,21).